The Kier molecular flexibility index (Phi) is 4.53. The van der Waals surface area contributed by atoms with E-state index < -0.39 is 23.8 Å². The Labute approximate surface area is 102 Å². The third-order valence-corrected chi connectivity index (χ3v) is 3.15. The summed E-state index contributed by atoms with van der Waals surface area (Å²) in [5, 5.41) is 9.77. The van der Waals surface area contributed by atoms with Crippen LogP contribution in [0.2, 0.25) is 0 Å². The van der Waals surface area contributed by atoms with Crippen LogP contribution in [0.15, 0.2) is 0 Å². The van der Waals surface area contributed by atoms with Crippen molar-refractivity contribution in [1.29, 1.82) is 0 Å². The van der Waals surface area contributed by atoms with Crippen molar-refractivity contribution in [1.82, 2.24) is 0 Å². The fraction of sp³-hybridized carbons (Fsp3) is 0.833. The van der Waals surface area contributed by atoms with E-state index in [1.807, 2.05) is 0 Å². The average molecular weight is 244 g/mol. The van der Waals surface area contributed by atoms with E-state index in [2.05, 4.69) is 11.8 Å². The van der Waals surface area contributed by atoms with Gasteiger partial charge in [-0.3, -0.25) is 0 Å². The van der Waals surface area contributed by atoms with E-state index in [1.54, 1.807) is 20.8 Å². The molecular weight excluding hydrogens is 224 g/mol. The highest BCUT2D eigenvalue weighted by molar-refractivity contribution is 5.06. The molecule has 1 aliphatic rings. The standard InChI is InChI=1S/C12H20O5/c1-6-7-9(13)10-8-16-11(2,14-4)12(3,15-5)17-10/h9-10,13H,8H2,1-5H3/t9-,10+,11-,12-/m1/s1. The van der Waals surface area contributed by atoms with Gasteiger partial charge in [-0.25, -0.2) is 0 Å². The smallest absolute Gasteiger partial charge is 0.220 e. The first-order valence-corrected chi connectivity index (χ1v) is 5.45. The van der Waals surface area contributed by atoms with Gasteiger partial charge < -0.3 is 24.1 Å². The molecule has 0 aromatic rings. The lowest BCUT2D eigenvalue weighted by Crippen LogP contribution is -2.63. The van der Waals surface area contributed by atoms with E-state index >= 15 is 0 Å². The SMILES string of the molecule is CC#C[C@@H](O)[C@@H]1CO[C@@](C)(OC)[C@](C)(OC)O1. The summed E-state index contributed by atoms with van der Waals surface area (Å²) in [6.45, 7) is 5.28. The number of aliphatic hydroxyl groups excluding tert-OH is 1. The summed E-state index contributed by atoms with van der Waals surface area (Å²) < 4.78 is 21.9. The van der Waals surface area contributed by atoms with Crippen LogP contribution in [0.3, 0.4) is 0 Å². The van der Waals surface area contributed by atoms with Crippen molar-refractivity contribution in [2.75, 3.05) is 20.8 Å². The van der Waals surface area contributed by atoms with Crippen LogP contribution in [0.4, 0.5) is 0 Å². The largest absolute Gasteiger partial charge is 0.378 e. The maximum absolute atomic E-state index is 9.77. The van der Waals surface area contributed by atoms with Gasteiger partial charge in [-0.1, -0.05) is 5.92 Å². The van der Waals surface area contributed by atoms with Crippen molar-refractivity contribution >= 4 is 0 Å². The van der Waals surface area contributed by atoms with Gasteiger partial charge in [0.15, 0.2) is 0 Å². The zero-order chi connectivity index (χ0) is 13.1. The van der Waals surface area contributed by atoms with E-state index in [-0.39, 0.29) is 6.61 Å². The number of rotatable bonds is 3. The molecule has 0 amide bonds. The highest BCUT2D eigenvalue weighted by Crippen LogP contribution is 2.36. The number of ether oxygens (including phenoxy) is 4. The van der Waals surface area contributed by atoms with Crippen LogP contribution in [0, 0.1) is 11.8 Å². The molecule has 1 rings (SSSR count). The van der Waals surface area contributed by atoms with Crippen molar-refractivity contribution in [3.05, 3.63) is 0 Å². The van der Waals surface area contributed by atoms with Crippen LogP contribution in [0.1, 0.15) is 20.8 Å². The molecule has 0 saturated carbocycles. The van der Waals surface area contributed by atoms with Crippen molar-refractivity contribution < 1.29 is 24.1 Å². The minimum absolute atomic E-state index is 0.194. The molecule has 1 fully saturated rings. The third-order valence-electron chi connectivity index (χ3n) is 3.15. The summed E-state index contributed by atoms with van der Waals surface area (Å²) in [5.74, 6) is 3.15. The van der Waals surface area contributed by atoms with Crippen molar-refractivity contribution in [3.63, 3.8) is 0 Å². The van der Waals surface area contributed by atoms with Crippen LogP contribution < -0.4 is 0 Å². The van der Waals surface area contributed by atoms with Crippen LogP contribution >= 0.6 is 0 Å². The minimum Gasteiger partial charge on any atom is -0.378 e. The Morgan fingerprint density at radius 3 is 2.35 bits per heavy atom. The van der Waals surface area contributed by atoms with E-state index in [1.165, 1.54) is 14.2 Å². The Hall–Kier alpha value is -0.640. The zero-order valence-electron chi connectivity index (χ0n) is 10.9. The second kappa shape index (κ2) is 5.34. The Morgan fingerprint density at radius 2 is 1.88 bits per heavy atom. The van der Waals surface area contributed by atoms with Gasteiger partial charge in [0.05, 0.1) is 6.61 Å². The number of hydrogen-bond acceptors (Lipinski definition) is 5. The molecule has 1 heterocycles. The molecule has 0 aromatic carbocycles. The summed E-state index contributed by atoms with van der Waals surface area (Å²) in [7, 11) is 3.02. The van der Waals surface area contributed by atoms with Crippen molar-refractivity contribution in [2.24, 2.45) is 0 Å². The van der Waals surface area contributed by atoms with Gasteiger partial charge in [0.2, 0.25) is 11.6 Å². The summed E-state index contributed by atoms with van der Waals surface area (Å²) in [6.07, 6.45) is -1.47. The van der Waals surface area contributed by atoms with Gasteiger partial charge in [0, 0.05) is 14.2 Å². The number of aliphatic hydroxyl groups is 1. The lowest BCUT2D eigenvalue weighted by atomic mass is 10.1. The van der Waals surface area contributed by atoms with E-state index in [4.69, 9.17) is 18.9 Å². The van der Waals surface area contributed by atoms with Crippen LogP contribution in [-0.4, -0.2) is 49.7 Å². The quantitative estimate of drug-likeness (QED) is 0.733. The Bertz CT molecular complexity index is 321. The maximum atomic E-state index is 9.77. The summed E-state index contributed by atoms with van der Waals surface area (Å²) in [5.41, 5.74) is 0. The maximum Gasteiger partial charge on any atom is 0.220 e. The average Bonchev–Trinajstić information content (AvgIpc) is 2.33. The van der Waals surface area contributed by atoms with E-state index in [9.17, 15) is 5.11 Å². The highest BCUT2D eigenvalue weighted by Gasteiger charge is 2.54. The first-order chi connectivity index (χ1) is 7.92. The van der Waals surface area contributed by atoms with Gasteiger partial charge in [0.1, 0.15) is 12.2 Å². The molecule has 0 unspecified atom stereocenters. The zero-order valence-corrected chi connectivity index (χ0v) is 10.9. The molecule has 1 saturated heterocycles. The van der Waals surface area contributed by atoms with Crippen LogP contribution in [0.5, 0.6) is 0 Å². The Balaban J connectivity index is 2.86. The topological polar surface area (TPSA) is 57.2 Å². The molecule has 17 heavy (non-hydrogen) atoms. The second-order valence-electron chi connectivity index (χ2n) is 4.11. The number of methoxy groups -OCH3 is 2. The van der Waals surface area contributed by atoms with E-state index in [0.29, 0.717) is 0 Å². The van der Waals surface area contributed by atoms with E-state index in [0.717, 1.165) is 0 Å². The normalized spacial score (nSPS) is 39.3. The van der Waals surface area contributed by atoms with Gasteiger partial charge in [-0.2, -0.15) is 0 Å². The van der Waals surface area contributed by atoms with Gasteiger partial charge in [0.25, 0.3) is 0 Å². The van der Waals surface area contributed by atoms with Crippen LogP contribution in [-0.2, 0) is 18.9 Å². The molecule has 0 radical (unpaired) electrons. The van der Waals surface area contributed by atoms with Crippen molar-refractivity contribution in [2.45, 2.75) is 44.6 Å². The Morgan fingerprint density at radius 1 is 1.29 bits per heavy atom. The fourth-order valence-corrected chi connectivity index (χ4v) is 1.68. The number of hydrogen-bond donors (Lipinski definition) is 1. The van der Waals surface area contributed by atoms with Gasteiger partial charge >= 0.3 is 0 Å². The fourth-order valence-electron chi connectivity index (χ4n) is 1.68. The monoisotopic (exact) mass is 244 g/mol. The molecule has 5 heteroatoms. The molecule has 0 aliphatic carbocycles. The molecule has 0 bridgehead atoms. The molecule has 0 spiro atoms. The van der Waals surface area contributed by atoms with Gasteiger partial charge in [-0.15, -0.1) is 5.92 Å². The predicted molar refractivity (Wildman–Crippen MR) is 61.1 cm³/mol. The summed E-state index contributed by atoms with van der Waals surface area (Å²) >= 11 is 0. The first kappa shape index (κ1) is 14.4. The third kappa shape index (κ3) is 2.62. The van der Waals surface area contributed by atoms with Crippen molar-refractivity contribution in [3.8, 4) is 11.8 Å². The van der Waals surface area contributed by atoms with Gasteiger partial charge in [-0.05, 0) is 20.8 Å². The molecule has 1 aliphatic heterocycles. The van der Waals surface area contributed by atoms with Crippen LogP contribution in [0.25, 0.3) is 0 Å². The molecule has 1 N–H and O–H groups in total. The summed E-state index contributed by atoms with van der Waals surface area (Å²) in [4.78, 5) is 0. The molecule has 0 aromatic heterocycles. The molecule has 4 atom stereocenters. The molecule has 98 valence electrons. The highest BCUT2D eigenvalue weighted by atomic mass is 16.8. The molecular formula is C12H20O5. The second-order valence-corrected chi connectivity index (χ2v) is 4.11. The summed E-state index contributed by atoms with van der Waals surface area (Å²) in [6, 6.07) is 0. The lowest BCUT2D eigenvalue weighted by molar-refractivity contribution is -0.435. The minimum atomic E-state index is -1.10. The predicted octanol–water partition coefficient (Wildman–Crippen LogP) is 0.511. The molecule has 5 nitrogen and oxygen atoms in total. The lowest BCUT2D eigenvalue weighted by Gasteiger charge is -2.49. The first-order valence-electron chi connectivity index (χ1n) is 5.45.